The first kappa shape index (κ1) is 30.4. The van der Waals surface area contributed by atoms with Gasteiger partial charge in [0.2, 0.25) is 21.8 Å². The van der Waals surface area contributed by atoms with Crippen molar-refractivity contribution < 1.29 is 22.7 Å². The molecule has 0 bridgehead atoms. The second kappa shape index (κ2) is 14.2. The third kappa shape index (κ3) is 8.93. The van der Waals surface area contributed by atoms with Gasteiger partial charge in [0.05, 0.1) is 19.1 Å². The van der Waals surface area contributed by atoms with Crippen LogP contribution < -0.4 is 14.4 Å². The Balaban J connectivity index is 2.23. The van der Waals surface area contributed by atoms with E-state index in [-0.39, 0.29) is 43.8 Å². The van der Waals surface area contributed by atoms with Crippen LogP contribution in [-0.4, -0.2) is 57.1 Å². The maximum absolute atomic E-state index is 13.5. The SMILES string of the molecule is CC[C@H](C)NC(=O)[C@H](CC)N(Cc1ccccc1Cl)C(=O)CCCN(c1ccc(OC)cc1)S(C)(=O)=O. The van der Waals surface area contributed by atoms with Crippen molar-refractivity contribution in [2.45, 2.75) is 65.1 Å². The van der Waals surface area contributed by atoms with Crippen molar-refractivity contribution in [3.8, 4) is 5.75 Å². The molecular formula is C27H38ClN3O5S. The average molecular weight is 552 g/mol. The average Bonchev–Trinajstić information content (AvgIpc) is 2.86. The molecule has 1 N–H and O–H groups in total. The fourth-order valence-electron chi connectivity index (χ4n) is 3.92. The van der Waals surface area contributed by atoms with Crippen LogP contribution in [0.4, 0.5) is 5.69 Å². The lowest BCUT2D eigenvalue weighted by atomic mass is 10.1. The normalized spacial score (nSPS) is 12.9. The van der Waals surface area contributed by atoms with Crippen LogP contribution in [0, 0.1) is 0 Å². The lowest BCUT2D eigenvalue weighted by Gasteiger charge is -2.32. The number of methoxy groups -OCH3 is 1. The molecule has 2 aromatic carbocycles. The maximum atomic E-state index is 13.5. The molecule has 0 saturated carbocycles. The number of amides is 2. The summed E-state index contributed by atoms with van der Waals surface area (Å²) in [5.41, 5.74) is 1.23. The van der Waals surface area contributed by atoms with Gasteiger partial charge in [-0.25, -0.2) is 8.42 Å². The molecule has 0 aliphatic carbocycles. The van der Waals surface area contributed by atoms with Crippen LogP contribution in [0.3, 0.4) is 0 Å². The van der Waals surface area contributed by atoms with Crippen LogP contribution >= 0.6 is 11.6 Å². The summed E-state index contributed by atoms with van der Waals surface area (Å²) in [4.78, 5) is 28.1. The minimum Gasteiger partial charge on any atom is -0.497 e. The fraction of sp³-hybridized carbons (Fsp3) is 0.481. The van der Waals surface area contributed by atoms with E-state index < -0.39 is 16.1 Å². The van der Waals surface area contributed by atoms with Gasteiger partial charge >= 0.3 is 0 Å². The molecule has 0 heterocycles. The van der Waals surface area contributed by atoms with E-state index in [1.807, 2.05) is 39.0 Å². The zero-order chi connectivity index (χ0) is 27.6. The lowest BCUT2D eigenvalue weighted by molar-refractivity contribution is -0.141. The molecule has 2 rings (SSSR count). The van der Waals surface area contributed by atoms with E-state index in [0.717, 1.165) is 18.2 Å². The molecular weight excluding hydrogens is 514 g/mol. The van der Waals surface area contributed by atoms with Gasteiger partial charge in [-0.2, -0.15) is 0 Å². The highest BCUT2D eigenvalue weighted by Crippen LogP contribution is 2.23. The number of nitrogens with zero attached hydrogens (tertiary/aromatic N) is 2. The van der Waals surface area contributed by atoms with Gasteiger partial charge in [0.25, 0.3) is 0 Å². The van der Waals surface area contributed by atoms with Crippen LogP contribution in [0.15, 0.2) is 48.5 Å². The minimum atomic E-state index is -3.57. The number of halogens is 1. The van der Waals surface area contributed by atoms with E-state index in [9.17, 15) is 18.0 Å². The van der Waals surface area contributed by atoms with Crippen LogP contribution in [0.25, 0.3) is 0 Å². The molecule has 0 spiro atoms. The minimum absolute atomic E-state index is 0.0216. The van der Waals surface area contributed by atoms with Crippen LogP contribution in [0.2, 0.25) is 5.02 Å². The molecule has 0 aromatic heterocycles. The number of carbonyl (C=O) groups excluding carboxylic acids is 2. The number of carbonyl (C=O) groups is 2. The Morgan fingerprint density at radius 1 is 1.05 bits per heavy atom. The van der Waals surface area contributed by atoms with Crippen LogP contribution in [0.5, 0.6) is 5.75 Å². The van der Waals surface area contributed by atoms with Gasteiger partial charge in [-0.05, 0) is 62.1 Å². The van der Waals surface area contributed by atoms with Crippen molar-refractivity contribution >= 4 is 39.1 Å². The molecule has 2 aromatic rings. The van der Waals surface area contributed by atoms with E-state index in [1.54, 1.807) is 35.2 Å². The van der Waals surface area contributed by atoms with Crippen molar-refractivity contribution in [1.82, 2.24) is 10.2 Å². The second-order valence-electron chi connectivity index (χ2n) is 8.99. The summed E-state index contributed by atoms with van der Waals surface area (Å²) in [6, 6.07) is 13.2. The highest BCUT2D eigenvalue weighted by molar-refractivity contribution is 7.92. The Bertz CT molecular complexity index is 1140. The van der Waals surface area contributed by atoms with Gasteiger partial charge in [0, 0.05) is 30.6 Å². The molecule has 10 heteroatoms. The molecule has 0 aliphatic heterocycles. The van der Waals surface area contributed by atoms with Gasteiger partial charge in [-0.1, -0.05) is 43.6 Å². The summed E-state index contributed by atoms with van der Waals surface area (Å²) >= 11 is 6.37. The Morgan fingerprint density at radius 2 is 1.70 bits per heavy atom. The van der Waals surface area contributed by atoms with E-state index in [0.29, 0.717) is 22.9 Å². The van der Waals surface area contributed by atoms with Gasteiger partial charge in [0.15, 0.2) is 0 Å². The molecule has 0 fully saturated rings. The molecule has 2 amide bonds. The van der Waals surface area contributed by atoms with Crippen molar-refractivity contribution in [2.24, 2.45) is 0 Å². The van der Waals surface area contributed by atoms with Gasteiger partial charge < -0.3 is 15.0 Å². The number of hydrogen-bond acceptors (Lipinski definition) is 5. The van der Waals surface area contributed by atoms with Crippen LogP contribution in [-0.2, 0) is 26.2 Å². The molecule has 0 radical (unpaired) electrons. The van der Waals surface area contributed by atoms with Gasteiger partial charge in [-0.3, -0.25) is 13.9 Å². The van der Waals surface area contributed by atoms with Crippen molar-refractivity contribution in [2.75, 3.05) is 24.2 Å². The zero-order valence-electron chi connectivity index (χ0n) is 22.2. The fourth-order valence-corrected chi connectivity index (χ4v) is 5.08. The van der Waals surface area contributed by atoms with Crippen molar-refractivity contribution in [1.29, 1.82) is 0 Å². The molecule has 0 saturated heterocycles. The maximum Gasteiger partial charge on any atom is 0.243 e. The Hall–Kier alpha value is -2.78. The Labute approximate surface area is 226 Å². The van der Waals surface area contributed by atoms with E-state index in [2.05, 4.69) is 5.32 Å². The topological polar surface area (TPSA) is 96.0 Å². The molecule has 8 nitrogen and oxygen atoms in total. The summed E-state index contributed by atoms with van der Waals surface area (Å²) < 4.78 is 31.4. The third-order valence-electron chi connectivity index (χ3n) is 6.20. The third-order valence-corrected chi connectivity index (χ3v) is 7.76. The summed E-state index contributed by atoms with van der Waals surface area (Å²) in [5.74, 6) is 0.159. The van der Waals surface area contributed by atoms with Crippen molar-refractivity contribution in [3.63, 3.8) is 0 Å². The molecule has 0 unspecified atom stereocenters. The van der Waals surface area contributed by atoms with Gasteiger partial charge in [0.1, 0.15) is 11.8 Å². The van der Waals surface area contributed by atoms with Crippen LogP contribution in [0.1, 0.15) is 52.0 Å². The second-order valence-corrected chi connectivity index (χ2v) is 11.3. The first-order chi connectivity index (χ1) is 17.5. The number of hydrogen-bond donors (Lipinski definition) is 1. The highest BCUT2D eigenvalue weighted by Gasteiger charge is 2.29. The number of sulfonamides is 1. The first-order valence-corrected chi connectivity index (χ1v) is 14.7. The zero-order valence-corrected chi connectivity index (χ0v) is 23.8. The summed E-state index contributed by atoms with van der Waals surface area (Å²) in [6.07, 6.45) is 2.68. The summed E-state index contributed by atoms with van der Waals surface area (Å²) in [5, 5.41) is 3.49. The standard InChI is InChI=1S/C27H38ClN3O5S/c1-6-20(3)29-27(33)25(7-2)30(19-21-11-8-9-12-24(21)28)26(32)13-10-18-31(37(5,34)35)22-14-16-23(36-4)17-15-22/h8-9,11-12,14-17,20,25H,6-7,10,13,18-19H2,1-5H3,(H,29,33)/t20-,25-/m0/s1. The number of rotatable bonds is 14. The largest absolute Gasteiger partial charge is 0.497 e. The molecule has 2 atom stereocenters. The number of nitrogens with one attached hydrogen (secondary N) is 1. The first-order valence-electron chi connectivity index (χ1n) is 12.5. The van der Waals surface area contributed by atoms with E-state index >= 15 is 0 Å². The van der Waals surface area contributed by atoms with Crippen molar-refractivity contribution in [3.05, 3.63) is 59.1 Å². The smallest absolute Gasteiger partial charge is 0.243 e. The molecule has 204 valence electrons. The quantitative estimate of drug-likeness (QED) is 0.370. The monoisotopic (exact) mass is 551 g/mol. The van der Waals surface area contributed by atoms with Gasteiger partial charge in [-0.15, -0.1) is 0 Å². The molecule has 0 aliphatic rings. The number of benzene rings is 2. The number of ether oxygens (including phenoxy) is 1. The van der Waals surface area contributed by atoms with E-state index in [4.69, 9.17) is 16.3 Å². The Morgan fingerprint density at radius 3 is 2.24 bits per heavy atom. The highest BCUT2D eigenvalue weighted by atomic mass is 35.5. The lowest BCUT2D eigenvalue weighted by Crippen LogP contribution is -2.50. The summed E-state index contributed by atoms with van der Waals surface area (Å²) in [7, 11) is -2.04. The Kier molecular flexibility index (Phi) is 11.7. The number of anilines is 1. The predicted molar refractivity (Wildman–Crippen MR) is 148 cm³/mol. The summed E-state index contributed by atoms with van der Waals surface area (Å²) in [6.45, 7) is 6.06. The predicted octanol–water partition coefficient (Wildman–Crippen LogP) is 4.62. The van der Waals surface area contributed by atoms with E-state index in [1.165, 1.54) is 11.4 Å². The molecule has 37 heavy (non-hydrogen) atoms.